The summed E-state index contributed by atoms with van der Waals surface area (Å²) in [5.74, 6) is -2.20. The second-order valence-corrected chi connectivity index (χ2v) is 6.10. The van der Waals surface area contributed by atoms with Crippen LogP contribution in [0.1, 0.15) is 23.0 Å². The van der Waals surface area contributed by atoms with Crippen molar-refractivity contribution in [3.8, 4) is 0 Å². The van der Waals surface area contributed by atoms with Gasteiger partial charge in [0.1, 0.15) is 10.7 Å². The topological polar surface area (TPSA) is 66.4 Å². The number of nitrogens with one attached hydrogen (secondary N) is 1. The summed E-state index contributed by atoms with van der Waals surface area (Å²) in [6, 6.07) is 4.15. The molecule has 2 N–H and O–H groups in total. The van der Waals surface area contributed by atoms with Gasteiger partial charge >= 0.3 is 5.97 Å². The summed E-state index contributed by atoms with van der Waals surface area (Å²) in [6.07, 6.45) is 0.332. The molecule has 1 aromatic heterocycles. The number of hydrogen-bond acceptors (Lipinski definition) is 3. The van der Waals surface area contributed by atoms with Gasteiger partial charge in [0.15, 0.2) is 0 Å². The third kappa shape index (κ3) is 3.51. The van der Waals surface area contributed by atoms with Crippen molar-refractivity contribution in [2.45, 2.75) is 13.3 Å². The number of carboxylic acid groups (broad SMARTS) is 1. The van der Waals surface area contributed by atoms with E-state index >= 15 is 0 Å². The van der Waals surface area contributed by atoms with Gasteiger partial charge in [0.05, 0.1) is 10.9 Å². The van der Waals surface area contributed by atoms with E-state index in [0.717, 1.165) is 11.3 Å². The van der Waals surface area contributed by atoms with Crippen molar-refractivity contribution < 1.29 is 19.1 Å². The van der Waals surface area contributed by atoms with Crippen LogP contribution in [0.5, 0.6) is 0 Å². The van der Waals surface area contributed by atoms with E-state index in [2.05, 4.69) is 5.32 Å². The van der Waals surface area contributed by atoms with Crippen LogP contribution in [0.25, 0.3) is 10.1 Å². The maximum Gasteiger partial charge on any atom is 0.306 e. The van der Waals surface area contributed by atoms with Crippen LogP contribution < -0.4 is 5.32 Å². The molecule has 0 aliphatic heterocycles. The van der Waals surface area contributed by atoms with E-state index in [4.69, 9.17) is 16.7 Å². The Morgan fingerprint density at radius 1 is 1.48 bits per heavy atom. The lowest BCUT2D eigenvalue weighted by molar-refractivity contribution is -0.141. The maximum atomic E-state index is 13.2. The summed E-state index contributed by atoms with van der Waals surface area (Å²) < 4.78 is 13.8. The van der Waals surface area contributed by atoms with Crippen molar-refractivity contribution in [3.63, 3.8) is 0 Å². The number of fused-ring (bicyclic) bond motifs is 1. The Kier molecular flexibility index (Phi) is 4.80. The highest BCUT2D eigenvalue weighted by molar-refractivity contribution is 7.21. The molecule has 1 amide bonds. The molecule has 0 aliphatic carbocycles. The Bertz CT molecular complexity index is 701. The largest absolute Gasteiger partial charge is 0.481 e. The normalized spacial score (nSPS) is 12.3. The fraction of sp³-hybridized carbons (Fsp3) is 0.286. The van der Waals surface area contributed by atoms with Gasteiger partial charge in [0.2, 0.25) is 0 Å². The molecule has 7 heteroatoms. The summed E-state index contributed by atoms with van der Waals surface area (Å²) in [5, 5.41) is 12.3. The second-order valence-electron chi connectivity index (χ2n) is 4.67. The first-order valence-electron chi connectivity index (χ1n) is 6.28. The molecule has 0 aliphatic rings. The van der Waals surface area contributed by atoms with Crippen molar-refractivity contribution in [1.82, 2.24) is 5.32 Å². The maximum absolute atomic E-state index is 13.2. The first kappa shape index (κ1) is 15.7. The molecule has 0 bridgehead atoms. The van der Waals surface area contributed by atoms with Crippen LogP contribution >= 0.6 is 22.9 Å². The van der Waals surface area contributed by atoms with E-state index in [9.17, 15) is 14.0 Å². The molecule has 2 aromatic rings. The molecule has 0 fully saturated rings. The summed E-state index contributed by atoms with van der Waals surface area (Å²) in [6.45, 7) is 1.81. The third-order valence-corrected chi connectivity index (χ3v) is 4.74. The van der Waals surface area contributed by atoms with Crippen LogP contribution in [0.3, 0.4) is 0 Å². The smallest absolute Gasteiger partial charge is 0.306 e. The molecule has 21 heavy (non-hydrogen) atoms. The number of halogens is 2. The van der Waals surface area contributed by atoms with Gasteiger partial charge < -0.3 is 10.4 Å². The van der Waals surface area contributed by atoms with Gasteiger partial charge in [0, 0.05) is 16.6 Å². The molecule has 0 radical (unpaired) electrons. The first-order valence-corrected chi connectivity index (χ1v) is 7.48. The standard InChI is InChI=1S/C14H13ClFNO3S/c1-7(14(19)20)4-5-17-13(18)12-11(15)9-3-2-8(16)6-10(9)21-12/h2-3,6-7H,4-5H2,1H3,(H,17,18)(H,19,20). The minimum absolute atomic E-state index is 0.241. The van der Waals surface area contributed by atoms with Crippen LogP contribution in [-0.2, 0) is 4.79 Å². The summed E-state index contributed by atoms with van der Waals surface area (Å²) >= 11 is 7.24. The summed E-state index contributed by atoms with van der Waals surface area (Å²) in [7, 11) is 0. The number of benzene rings is 1. The zero-order chi connectivity index (χ0) is 15.6. The van der Waals surface area contributed by atoms with Gasteiger partial charge in [-0.1, -0.05) is 18.5 Å². The minimum atomic E-state index is -0.903. The van der Waals surface area contributed by atoms with Gasteiger partial charge in [0.25, 0.3) is 5.91 Å². The molecule has 1 heterocycles. The Hall–Kier alpha value is -1.66. The molecule has 4 nitrogen and oxygen atoms in total. The fourth-order valence-corrected chi connectivity index (χ4v) is 3.25. The fourth-order valence-electron chi connectivity index (χ4n) is 1.79. The number of amides is 1. The van der Waals surface area contributed by atoms with Crippen molar-refractivity contribution in [1.29, 1.82) is 0 Å². The number of rotatable bonds is 5. The number of hydrogen-bond donors (Lipinski definition) is 2. The van der Waals surface area contributed by atoms with Crippen LogP contribution in [0.2, 0.25) is 5.02 Å². The van der Waals surface area contributed by atoms with E-state index in [-0.39, 0.29) is 18.3 Å². The molecule has 0 saturated heterocycles. The molecule has 1 unspecified atom stereocenters. The molecular formula is C14H13ClFNO3S. The lowest BCUT2D eigenvalue weighted by Crippen LogP contribution is -2.26. The van der Waals surface area contributed by atoms with Crippen molar-refractivity contribution in [2.75, 3.05) is 6.54 Å². The summed E-state index contributed by atoms with van der Waals surface area (Å²) in [5.41, 5.74) is 0. The monoisotopic (exact) mass is 329 g/mol. The van der Waals surface area contributed by atoms with Gasteiger partial charge in [-0.25, -0.2) is 4.39 Å². The van der Waals surface area contributed by atoms with E-state index in [1.807, 2.05) is 0 Å². The third-order valence-electron chi connectivity index (χ3n) is 3.08. The average molecular weight is 330 g/mol. The lowest BCUT2D eigenvalue weighted by Gasteiger charge is -2.07. The SMILES string of the molecule is CC(CCNC(=O)c1sc2cc(F)ccc2c1Cl)C(=O)O. The number of carbonyl (C=O) groups is 2. The van der Waals surface area contributed by atoms with Crippen LogP contribution in [-0.4, -0.2) is 23.5 Å². The second kappa shape index (κ2) is 6.41. The van der Waals surface area contributed by atoms with Gasteiger partial charge in [-0.05, 0) is 24.6 Å². The van der Waals surface area contributed by atoms with E-state index in [0.29, 0.717) is 26.4 Å². The van der Waals surface area contributed by atoms with Crippen LogP contribution in [0.4, 0.5) is 4.39 Å². The van der Waals surface area contributed by atoms with Crippen LogP contribution in [0.15, 0.2) is 18.2 Å². The zero-order valence-corrected chi connectivity index (χ0v) is 12.7. The Morgan fingerprint density at radius 3 is 2.86 bits per heavy atom. The van der Waals surface area contributed by atoms with E-state index in [1.165, 1.54) is 18.2 Å². The van der Waals surface area contributed by atoms with Crippen molar-refractivity contribution in [2.24, 2.45) is 5.92 Å². The lowest BCUT2D eigenvalue weighted by atomic mass is 10.1. The number of carbonyl (C=O) groups excluding carboxylic acids is 1. The highest BCUT2D eigenvalue weighted by Gasteiger charge is 2.18. The molecule has 112 valence electrons. The number of thiophene rings is 1. The quantitative estimate of drug-likeness (QED) is 0.881. The molecule has 2 rings (SSSR count). The Labute approximate surface area is 129 Å². The highest BCUT2D eigenvalue weighted by atomic mass is 35.5. The van der Waals surface area contributed by atoms with Crippen LogP contribution in [0, 0.1) is 11.7 Å². The first-order chi connectivity index (χ1) is 9.90. The summed E-state index contributed by atoms with van der Waals surface area (Å²) in [4.78, 5) is 23.0. The Morgan fingerprint density at radius 2 is 2.19 bits per heavy atom. The van der Waals surface area contributed by atoms with Gasteiger partial charge in [-0.3, -0.25) is 9.59 Å². The molecule has 0 saturated carbocycles. The minimum Gasteiger partial charge on any atom is -0.481 e. The van der Waals surface area contributed by atoms with Gasteiger partial charge in [-0.15, -0.1) is 11.3 Å². The van der Waals surface area contributed by atoms with E-state index < -0.39 is 11.9 Å². The Balaban J connectivity index is 2.09. The van der Waals surface area contributed by atoms with Crippen molar-refractivity contribution in [3.05, 3.63) is 33.9 Å². The molecule has 1 aromatic carbocycles. The van der Waals surface area contributed by atoms with E-state index in [1.54, 1.807) is 6.92 Å². The highest BCUT2D eigenvalue weighted by Crippen LogP contribution is 2.35. The zero-order valence-electron chi connectivity index (χ0n) is 11.2. The number of aliphatic carboxylic acids is 1. The average Bonchev–Trinajstić information content (AvgIpc) is 2.75. The predicted molar refractivity (Wildman–Crippen MR) is 80.5 cm³/mol. The van der Waals surface area contributed by atoms with Crippen molar-refractivity contribution >= 4 is 44.9 Å². The number of carboxylic acids is 1. The predicted octanol–water partition coefficient (Wildman–Crippen LogP) is 3.53. The molecular weight excluding hydrogens is 317 g/mol. The molecule has 0 spiro atoms. The van der Waals surface area contributed by atoms with Gasteiger partial charge in [-0.2, -0.15) is 0 Å². The molecule has 1 atom stereocenters.